The predicted octanol–water partition coefficient (Wildman–Crippen LogP) is 4.02. The molecule has 134 valence electrons. The standard InChI is InChI=1S/C19H20ClN5O/c20-16-7-5-15(6-8-16)18(26)4-2-1-3-11-23-19(24-14-21)25-17-9-12-22-13-10-17/h5-10,12-13H,1-4,11H2,(H2,22,23,24,25). The van der Waals surface area contributed by atoms with Gasteiger partial charge in [0, 0.05) is 41.6 Å². The molecular weight excluding hydrogens is 350 g/mol. The second-order valence-corrected chi connectivity index (χ2v) is 6.01. The van der Waals surface area contributed by atoms with Crippen molar-refractivity contribution >= 4 is 29.0 Å². The summed E-state index contributed by atoms with van der Waals surface area (Å²) in [6.45, 7) is 0.567. The Bertz CT molecular complexity index is 769. The number of hydrogen-bond acceptors (Lipinski definition) is 4. The van der Waals surface area contributed by atoms with Crippen LogP contribution >= 0.6 is 11.6 Å². The van der Waals surface area contributed by atoms with Crippen LogP contribution in [0.25, 0.3) is 0 Å². The zero-order valence-electron chi connectivity index (χ0n) is 14.3. The van der Waals surface area contributed by atoms with Gasteiger partial charge in [0.1, 0.15) is 0 Å². The second kappa shape index (κ2) is 10.9. The highest BCUT2D eigenvalue weighted by molar-refractivity contribution is 6.30. The first-order valence-electron chi connectivity index (χ1n) is 8.34. The number of carbonyl (C=O) groups is 1. The van der Waals surface area contributed by atoms with E-state index >= 15 is 0 Å². The monoisotopic (exact) mass is 369 g/mol. The van der Waals surface area contributed by atoms with Gasteiger partial charge in [-0.25, -0.2) is 0 Å². The SMILES string of the molecule is N#CNC(=NCCCCCC(=O)c1ccc(Cl)cc1)Nc1ccncc1. The Hall–Kier alpha value is -2.91. The van der Waals surface area contributed by atoms with E-state index in [1.165, 1.54) is 0 Å². The maximum Gasteiger partial charge on any atom is 0.209 e. The highest BCUT2D eigenvalue weighted by Gasteiger charge is 2.05. The van der Waals surface area contributed by atoms with Gasteiger partial charge in [0.2, 0.25) is 5.96 Å². The van der Waals surface area contributed by atoms with Crippen LogP contribution in [0.2, 0.25) is 5.02 Å². The molecule has 6 nitrogen and oxygen atoms in total. The summed E-state index contributed by atoms with van der Waals surface area (Å²) in [5.41, 5.74) is 1.49. The Morgan fingerprint density at radius 3 is 2.54 bits per heavy atom. The number of nitriles is 1. The quantitative estimate of drug-likeness (QED) is 0.183. The number of hydrogen-bond donors (Lipinski definition) is 2. The molecule has 0 saturated carbocycles. The average molecular weight is 370 g/mol. The first-order chi connectivity index (χ1) is 12.7. The topological polar surface area (TPSA) is 90.2 Å². The lowest BCUT2D eigenvalue weighted by Gasteiger charge is -2.07. The minimum absolute atomic E-state index is 0.122. The predicted molar refractivity (Wildman–Crippen MR) is 103 cm³/mol. The van der Waals surface area contributed by atoms with Crippen molar-refractivity contribution < 1.29 is 4.79 Å². The molecule has 2 rings (SSSR count). The van der Waals surface area contributed by atoms with Crippen molar-refractivity contribution in [1.29, 1.82) is 5.26 Å². The number of aliphatic imine (C=N–C) groups is 1. The molecule has 0 saturated heterocycles. The van der Waals surface area contributed by atoms with Crippen LogP contribution in [0.1, 0.15) is 36.0 Å². The van der Waals surface area contributed by atoms with Crippen LogP contribution in [0, 0.1) is 11.5 Å². The van der Waals surface area contributed by atoms with Gasteiger partial charge in [0.25, 0.3) is 0 Å². The molecule has 1 aromatic heterocycles. The van der Waals surface area contributed by atoms with Crippen LogP contribution in [0.15, 0.2) is 53.8 Å². The van der Waals surface area contributed by atoms with Crippen molar-refractivity contribution in [2.75, 3.05) is 11.9 Å². The normalized spacial score (nSPS) is 10.8. The summed E-state index contributed by atoms with van der Waals surface area (Å²) in [7, 11) is 0. The van der Waals surface area contributed by atoms with Crippen LogP contribution in [-0.4, -0.2) is 23.3 Å². The number of Topliss-reactive ketones (excluding diaryl/α,β-unsaturated/α-hetero) is 1. The van der Waals surface area contributed by atoms with Crippen LogP contribution in [0.4, 0.5) is 5.69 Å². The van der Waals surface area contributed by atoms with Gasteiger partial charge in [-0.1, -0.05) is 18.0 Å². The van der Waals surface area contributed by atoms with Gasteiger partial charge in [-0.3, -0.25) is 20.1 Å². The Labute approximate surface area is 157 Å². The molecule has 0 bridgehead atoms. The minimum atomic E-state index is 0.122. The number of pyridine rings is 1. The Kier molecular flexibility index (Phi) is 8.10. The summed E-state index contributed by atoms with van der Waals surface area (Å²) in [4.78, 5) is 20.3. The lowest BCUT2D eigenvalue weighted by Crippen LogP contribution is -2.27. The van der Waals surface area contributed by atoms with E-state index in [4.69, 9.17) is 16.9 Å². The molecule has 2 N–H and O–H groups in total. The maximum absolute atomic E-state index is 12.1. The Balaban J connectivity index is 1.70. The van der Waals surface area contributed by atoms with E-state index in [-0.39, 0.29) is 5.78 Å². The number of guanidine groups is 1. The van der Waals surface area contributed by atoms with Crippen molar-refractivity contribution in [2.45, 2.75) is 25.7 Å². The lowest BCUT2D eigenvalue weighted by molar-refractivity contribution is 0.0979. The fraction of sp³-hybridized carbons (Fsp3) is 0.263. The van der Waals surface area contributed by atoms with Gasteiger partial charge >= 0.3 is 0 Å². The van der Waals surface area contributed by atoms with Crippen molar-refractivity contribution in [2.24, 2.45) is 4.99 Å². The number of nitrogens with one attached hydrogen (secondary N) is 2. The molecule has 1 aromatic carbocycles. The number of rotatable bonds is 8. The molecule has 1 heterocycles. The zero-order chi connectivity index (χ0) is 18.6. The number of carbonyl (C=O) groups excluding carboxylic acids is 1. The molecule has 26 heavy (non-hydrogen) atoms. The van der Waals surface area contributed by atoms with E-state index in [0.717, 1.165) is 24.9 Å². The minimum Gasteiger partial charge on any atom is -0.325 e. The maximum atomic E-state index is 12.1. The number of unbranched alkanes of at least 4 members (excludes halogenated alkanes) is 2. The van der Waals surface area contributed by atoms with Crippen molar-refractivity contribution in [1.82, 2.24) is 10.3 Å². The number of anilines is 1. The molecule has 0 aliphatic carbocycles. The first-order valence-corrected chi connectivity index (χ1v) is 8.72. The van der Waals surface area contributed by atoms with Gasteiger partial charge in [-0.15, -0.1) is 0 Å². The number of aromatic nitrogens is 1. The molecule has 0 atom stereocenters. The molecule has 0 amide bonds. The zero-order valence-corrected chi connectivity index (χ0v) is 15.0. The Morgan fingerprint density at radius 1 is 1.12 bits per heavy atom. The fourth-order valence-corrected chi connectivity index (χ4v) is 2.41. The van der Waals surface area contributed by atoms with E-state index in [1.54, 1.807) is 48.8 Å². The molecule has 0 fully saturated rings. The van der Waals surface area contributed by atoms with Crippen LogP contribution < -0.4 is 10.6 Å². The molecule has 0 aliphatic rings. The van der Waals surface area contributed by atoms with E-state index in [0.29, 0.717) is 29.5 Å². The van der Waals surface area contributed by atoms with Gasteiger partial charge in [-0.2, -0.15) is 5.26 Å². The first kappa shape index (κ1) is 19.4. The average Bonchev–Trinajstić information content (AvgIpc) is 2.66. The van der Waals surface area contributed by atoms with Gasteiger partial charge in [0.15, 0.2) is 12.0 Å². The Morgan fingerprint density at radius 2 is 1.85 bits per heavy atom. The van der Waals surface area contributed by atoms with E-state index in [2.05, 4.69) is 20.6 Å². The number of ketones is 1. The fourth-order valence-electron chi connectivity index (χ4n) is 2.28. The summed E-state index contributed by atoms with van der Waals surface area (Å²) in [5.74, 6) is 0.521. The molecule has 0 spiro atoms. The number of benzene rings is 1. The second-order valence-electron chi connectivity index (χ2n) is 5.57. The lowest BCUT2D eigenvalue weighted by atomic mass is 10.0. The molecular formula is C19H20ClN5O. The van der Waals surface area contributed by atoms with E-state index in [9.17, 15) is 4.79 Å². The third kappa shape index (κ3) is 6.91. The summed E-state index contributed by atoms with van der Waals surface area (Å²) >= 11 is 5.82. The molecule has 0 radical (unpaired) electrons. The van der Waals surface area contributed by atoms with Crippen LogP contribution in [0.3, 0.4) is 0 Å². The van der Waals surface area contributed by atoms with Crippen LogP contribution in [0.5, 0.6) is 0 Å². The summed E-state index contributed by atoms with van der Waals surface area (Å²) in [6, 6.07) is 10.5. The largest absolute Gasteiger partial charge is 0.325 e. The van der Waals surface area contributed by atoms with Crippen molar-refractivity contribution in [3.05, 3.63) is 59.4 Å². The molecule has 0 aliphatic heterocycles. The van der Waals surface area contributed by atoms with E-state index in [1.807, 2.05) is 6.19 Å². The molecule has 7 heteroatoms. The summed E-state index contributed by atoms with van der Waals surface area (Å²) in [6.07, 6.45) is 8.21. The molecule has 2 aromatic rings. The third-order valence-electron chi connectivity index (χ3n) is 3.62. The number of halogens is 1. The smallest absolute Gasteiger partial charge is 0.209 e. The van der Waals surface area contributed by atoms with Crippen LogP contribution in [-0.2, 0) is 0 Å². The van der Waals surface area contributed by atoms with E-state index < -0.39 is 0 Å². The molecule has 0 unspecified atom stereocenters. The van der Waals surface area contributed by atoms with Gasteiger partial charge in [-0.05, 0) is 49.2 Å². The summed E-state index contributed by atoms with van der Waals surface area (Å²) in [5, 5.41) is 15.0. The van der Waals surface area contributed by atoms with Gasteiger partial charge in [0.05, 0.1) is 0 Å². The van der Waals surface area contributed by atoms with Gasteiger partial charge < -0.3 is 5.32 Å². The highest BCUT2D eigenvalue weighted by Crippen LogP contribution is 2.13. The number of nitrogens with zero attached hydrogens (tertiary/aromatic N) is 3. The van der Waals surface area contributed by atoms with Crippen molar-refractivity contribution in [3.63, 3.8) is 0 Å². The van der Waals surface area contributed by atoms with Crippen molar-refractivity contribution in [3.8, 4) is 6.19 Å². The third-order valence-corrected chi connectivity index (χ3v) is 3.87. The summed E-state index contributed by atoms with van der Waals surface area (Å²) < 4.78 is 0. The highest BCUT2D eigenvalue weighted by atomic mass is 35.5.